The van der Waals surface area contributed by atoms with Crippen LogP contribution in [0, 0.1) is 11.8 Å². The smallest absolute Gasteiger partial charge is 0.228 e. The van der Waals surface area contributed by atoms with Gasteiger partial charge in [-0.3, -0.25) is 4.79 Å². The van der Waals surface area contributed by atoms with Gasteiger partial charge in [0.1, 0.15) is 0 Å². The molecule has 0 bridgehead atoms. The Morgan fingerprint density at radius 1 is 1.47 bits per heavy atom. The molecule has 1 amide bonds. The van der Waals surface area contributed by atoms with Crippen LogP contribution in [0.5, 0.6) is 0 Å². The highest BCUT2D eigenvalue weighted by Crippen LogP contribution is 2.27. The number of ether oxygens (including phenoxy) is 1. The molecule has 2 rings (SSSR count). The van der Waals surface area contributed by atoms with Crippen molar-refractivity contribution in [2.24, 2.45) is 17.6 Å². The van der Waals surface area contributed by atoms with E-state index in [1.807, 2.05) is 4.90 Å². The summed E-state index contributed by atoms with van der Waals surface area (Å²) >= 11 is 0. The summed E-state index contributed by atoms with van der Waals surface area (Å²) in [6.45, 7) is 6.56. The molecule has 2 fully saturated rings. The molecule has 2 aliphatic rings. The van der Waals surface area contributed by atoms with Crippen LogP contribution in [-0.4, -0.2) is 42.6 Å². The fourth-order valence-electron chi connectivity index (χ4n) is 3.15. The van der Waals surface area contributed by atoms with E-state index in [1.54, 1.807) is 0 Å². The number of nitrogens with two attached hydrogens (primary N) is 1. The van der Waals surface area contributed by atoms with Gasteiger partial charge in [-0.1, -0.05) is 13.8 Å². The van der Waals surface area contributed by atoms with Crippen LogP contribution in [0.4, 0.5) is 0 Å². The van der Waals surface area contributed by atoms with Gasteiger partial charge in [0.2, 0.25) is 5.91 Å². The van der Waals surface area contributed by atoms with Gasteiger partial charge in [-0.25, -0.2) is 0 Å². The van der Waals surface area contributed by atoms with Gasteiger partial charge in [0.25, 0.3) is 0 Å². The molecule has 4 unspecified atom stereocenters. The first-order valence-corrected chi connectivity index (χ1v) is 6.77. The number of nitrogens with zero attached hydrogens (tertiary/aromatic N) is 1. The van der Waals surface area contributed by atoms with Gasteiger partial charge < -0.3 is 15.4 Å². The monoisotopic (exact) mass is 240 g/mol. The number of likely N-dealkylation sites (tertiary alicyclic amines) is 1. The molecular weight excluding hydrogens is 216 g/mol. The van der Waals surface area contributed by atoms with Crippen molar-refractivity contribution in [3.8, 4) is 0 Å². The molecule has 2 saturated heterocycles. The minimum Gasteiger partial charge on any atom is -0.377 e. The van der Waals surface area contributed by atoms with Crippen LogP contribution in [0.2, 0.25) is 0 Å². The normalized spacial score (nSPS) is 38.4. The van der Waals surface area contributed by atoms with E-state index >= 15 is 0 Å². The number of carbonyl (C=O) groups is 1. The van der Waals surface area contributed by atoms with Crippen molar-refractivity contribution in [1.82, 2.24) is 4.90 Å². The fourth-order valence-corrected chi connectivity index (χ4v) is 3.15. The van der Waals surface area contributed by atoms with E-state index in [9.17, 15) is 4.79 Å². The molecule has 0 aromatic heterocycles. The maximum absolute atomic E-state index is 12.5. The summed E-state index contributed by atoms with van der Waals surface area (Å²) in [6, 6.07) is 0.144. The maximum Gasteiger partial charge on any atom is 0.228 e. The zero-order chi connectivity index (χ0) is 12.4. The molecule has 0 spiro atoms. The summed E-state index contributed by atoms with van der Waals surface area (Å²) in [6.07, 6.45) is 2.95. The summed E-state index contributed by atoms with van der Waals surface area (Å²) in [5.74, 6) is 0.846. The summed E-state index contributed by atoms with van der Waals surface area (Å²) in [4.78, 5) is 14.4. The van der Waals surface area contributed by atoms with Gasteiger partial charge >= 0.3 is 0 Å². The van der Waals surface area contributed by atoms with Crippen LogP contribution < -0.4 is 5.73 Å². The second-order valence-corrected chi connectivity index (χ2v) is 5.56. The highest BCUT2D eigenvalue weighted by atomic mass is 16.5. The molecule has 2 aliphatic heterocycles. The average molecular weight is 240 g/mol. The first-order valence-electron chi connectivity index (χ1n) is 6.77. The standard InChI is InChI=1S/C13H24N2O2/c1-3-12-11(4-5-17-12)13(16)15-7-9(2)6-10(14)8-15/h9-12H,3-8,14H2,1-2H3. The number of rotatable bonds is 2. The molecule has 4 atom stereocenters. The first kappa shape index (κ1) is 12.8. The SMILES string of the molecule is CCC1OCCC1C(=O)N1CC(C)CC(N)C1. The molecule has 2 N–H and O–H groups in total. The highest BCUT2D eigenvalue weighted by Gasteiger charge is 2.37. The van der Waals surface area contributed by atoms with Crippen LogP contribution >= 0.6 is 0 Å². The van der Waals surface area contributed by atoms with Crippen LogP contribution in [0.3, 0.4) is 0 Å². The van der Waals surface area contributed by atoms with Gasteiger partial charge in [0.15, 0.2) is 0 Å². The molecule has 0 aromatic carbocycles. The van der Waals surface area contributed by atoms with Gasteiger partial charge in [-0.15, -0.1) is 0 Å². The largest absolute Gasteiger partial charge is 0.377 e. The Hall–Kier alpha value is -0.610. The zero-order valence-corrected chi connectivity index (χ0v) is 10.9. The van der Waals surface area contributed by atoms with Crippen LogP contribution in [0.1, 0.15) is 33.1 Å². The second-order valence-electron chi connectivity index (χ2n) is 5.56. The van der Waals surface area contributed by atoms with Crippen molar-refractivity contribution in [1.29, 1.82) is 0 Å². The Labute approximate surface area is 103 Å². The van der Waals surface area contributed by atoms with Crippen molar-refractivity contribution < 1.29 is 9.53 Å². The summed E-state index contributed by atoms with van der Waals surface area (Å²) < 4.78 is 5.60. The third-order valence-electron chi connectivity index (χ3n) is 3.93. The lowest BCUT2D eigenvalue weighted by atomic mass is 9.92. The van der Waals surface area contributed by atoms with E-state index in [2.05, 4.69) is 13.8 Å². The van der Waals surface area contributed by atoms with E-state index in [1.165, 1.54) is 0 Å². The predicted molar refractivity (Wildman–Crippen MR) is 66.5 cm³/mol. The number of carbonyl (C=O) groups excluding carboxylic acids is 1. The van der Waals surface area contributed by atoms with E-state index < -0.39 is 0 Å². The zero-order valence-electron chi connectivity index (χ0n) is 10.9. The molecule has 2 heterocycles. The van der Waals surface area contributed by atoms with Gasteiger partial charge in [0.05, 0.1) is 12.0 Å². The Morgan fingerprint density at radius 3 is 2.88 bits per heavy atom. The van der Waals surface area contributed by atoms with Gasteiger partial charge in [-0.2, -0.15) is 0 Å². The lowest BCUT2D eigenvalue weighted by molar-refractivity contribution is -0.139. The Balaban J connectivity index is 1.99. The Bertz CT molecular complexity index is 273. The van der Waals surface area contributed by atoms with Crippen molar-refractivity contribution in [2.45, 2.75) is 45.3 Å². The minimum atomic E-state index is 0.0671. The number of amides is 1. The maximum atomic E-state index is 12.5. The first-order chi connectivity index (χ1) is 8.11. The molecule has 98 valence electrons. The molecule has 0 saturated carbocycles. The molecule has 4 nitrogen and oxygen atoms in total. The lowest BCUT2D eigenvalue weighted by Gasteiger charge is -2.36. The average Bonchev–Trinajstić information content (AvgIpc) is 2.74. The minimum absolute atomic E-state index is 0.0671. The highest BCUT2D eigenvalue weighted by molar-refractivity contribution is 5.80. The fraction of sp³-hybridized carbons (Fsp3) is 0.923. The Morgan fingerprint density at radius 2 is 2.24 bits per heavy atom. The topological polar surface area (TPSA) is 55.6 Å². The molecule has 0 aliphatic carbocycles. The van der Waals surface area contributed by atoms with Crippen molar-refractivity contribution in [3.63, 3.8) is 0 Å². The third kappa shape index (κ3) is 2.80. The summed E-state index contributed by atoms with van der Waals surface area (Å²) in [5.41, 5.74) is 5.99. The van der Waals surface area contributed by atoms with Crippen molar-refractivity contribution in [3.05, 3.63) is 0 Å². The van der Waals surface area contributed by atoms with Crippen molar-refractivity contribution in [2.75, 3.05) is 19.7 Å². The summed E-state index contributed by atoms with van der Waals surface area (Å²) in [7, 11) is 0. The predicted octanol–water partition coefficient (Wildman–Crippen LogP) is 0.997. The van der Waals surface area contributed by atoms with Gasteiger partial charge in [-0.05, 0) is 25.2 Å². The number of piperidine rings is 1. The number of hydrogen-bond acceptors (Lipinski definition) is 3. The molecule has 0 radical (unpaired) electrons. The van der Waals surface area contributed by atoms with Crippen LogP contribution in [0.15, 0.2) is 0 Å². The van der Waals surface area contributed by atoms with Crippen LogP contribution in [-0.2, 0) is 9.53 Å². The van der Waals surface area contributed by atoms with E-state index in [-0.39, 0.29) is 24.0 Å². The molecule has 17 heavy (non-hydrogen) atoms. The number of hydrogen-bond donors (Lipinski definition) is 1. The Kier molecular flexibility index (Phi) is 4.05. The quantitative estimate of drug-likeness (QED) is 0.783. The second kappa shape index (κ2) is 5.36. The molecule has 0 aromatic rings. The van der Waals surface area contributed by atoms with Gasteiger partial charge in [0, 0.05) is 25.7 Å². The van der Waals surface area contributed by atoms with E-state index in [0.29, 0.717) is 5.92 Å². The third-order valence-corrected chi connectivity index (χ3v) is 3.93. The summed E-state index contributed by atoms with van der Waals surface area (Å²) in [5, 5.41) is 0. The molecular formula is C13H24N2O2. The van der Waals surface area contributed by atoms with E-state index in [4.69, 9.17) is 10.5 Å². The van der Waals surface area contributed by atoms with E-state index in [0.717, 1.165) is 39.0 Å². The molecule has 4 heteroatoms. The van der Waals surface area contributed by atoms with Crippen LogP contribution in [0.25, 0.3) is 0 Å². The van der Waals surface area contributed by atoms with Crippen molar-refractivity contribution >= 4 is 5.91 Å². The lowest BCUT2D eigenvalue weighted by Crippen LogP contribution is -2.51.